The Balaban J connectivity index is 3.04. The van der Waals surface area contributed by atoms with E-state index in [-0.39, 0.29) is 11.8 Å². The molecule has 0 fully saturated rings. The first-order chi connectivity index (χ1) is 6.72. The molecule has 0 radical (unpaired) electrons. The lowest BCUT2D eigenvalue weighted by molar-refractivity contribution is 0.453. The number of hydrogen-bond donors (Lipinski definition) is 1. The molecule has 0 aromatic heterocycles. The maximum Gasteiger partial charge on any atom is 0.101 e. The summed E-state index contributed by atoms with van der Waals surface area (Å²) in [4.78, 5) is 0. The molecule has 0 spiro atoms. The fourth-order valence-electron chi connectivity index (χ4n) is 1.61. The maximum atomic E-state index is 8.95. The van der Waals surface area contributed by atoms with E-state index in [2.05, 4.69) is 6.07 Å². The van der Waals surface area contributed by atoms with Gasteiger partial charge in [-0.3, -0.25) is 0 Å². The third kappa shape index (κ3) is 1.95. The lowest BCUT2D eigenvalue weighted by atomic mass is 9.89. The Morgan fingerprint density at radius 2 is 2.29 bits per heavy atom. The smallest absolute Gasteiger partial charge is 0.101 e. The van der Waals surface area contributed by atoms with Crippen LogP contribution in [0.1, 0.15) is 19.8 Å². The second-order valence-electron chi connectivity index (χ2n) is 3.41. The predicted molar refractivity (Wildman–Crippen MR) is 53.5 cm³/mol. The van der Waals surface area contributed by atoms with Gasteiger partial charge in [-0.2, -0.15) is 10.5 Å². The fraction of sp³-hybridized carbons (Fsp3) is 0.455. The zero-order valence-electron chi connectivity index (χ0n) is 8.20. The predicted octanol–water partition coefficient (Wildman–Crippen LogP) is 1.85. The number of allylic oxidation sites excluding steroid dienone is 3. The lowest BCUT2D eigenvalue weighted by Gasteiger charge is -2.13. The summed E-state index contributed by atoms with van der Waals surface area (Å²) < 4.78 is 0. The van der Waals surface area contributed by atoms with Crippen molar-refractivity contribution in [2.75, 3.05) is 0 Å². The average molecular weight is 187 g/mol. The number of nitrogens with zero attached hydrogens (tertiary/aromatic N) is 2. The molecular weight excluding hydrogens is 174 g/mol. The first kappa shape index (κ1) is 10.3. The van der Waals surface area contributed by atoms with Gasteiger partial charge in [-0.05, 0) is 18.4 Å². The van der Waals surface area contributed by atoms with Gasteiger partial charge in [0.1, 0.15) is 6.07 Å². The SMILES string of the molecule is CCC1CC=C(N)C(C#N)=C[C@H]1C#N. The molecule has 0 aromatic carbocycles. The van der Waals surface area contributed by atoms with Gasteiger partial charge in [-0.15, -0.1) is 0 Å². The first-order valence-corrected chi connectivity index (χ1v) is 4.70. The van der Waals surface area contributed by atoms with Gasteiger partial charge in [0, 0.05) is 5.70 Å². The summed E-state index contributed by atoms with van der Waals surface area (Å²) in [5.74, 6) is 0.0938. The normalized spacial score (nSPS) is 26.5. The molecule has 0 aromatic rings. The summed E-state index contributed by atoms with van der Waals surface area (Å²) in [5, 5.41) is 17.8. The van der Waals surface area contributed by atoms with Crippen LogP contribution in [0.4, 0.5) is 0 Å². The fourth-order valence-corrected chi connectivity index (χ4v) is 1.61. The summed E-state index contributed by atoms with van der Waals surface area (Å²) in [6.45, 7) is 2.05. The van der Waals surface area contributed by atoms with E-state index in [1.807, 2.05) is 19.1 Å². The average Bonchev–Trinajstić information content (AvgIpc) is 2.37. The van der Waals surface area contributed by atoms with Crippen molar-refractivity contribution in [1.82, 2.24) is 0 Å². The molecule has 2 atom stereocenters. The molecule has 3 heteroatoms. The Kier molecular flexibility index (Phi) is 3.31. The molecule has 0 saturated heterocycles. The van der Waals surface area contributed by atoms with Gasteiger partial charge in [0.05, 0.1) is 17.6 Å². The van der Waals surface area contributed by atoms with Crippen LogP contribution in [0.3, 0.4) is 0 Å². The molecule has 1 aliphatic carbocycles. The Morgan fingerprint density at radius 1 is 1.57 bits per heavy atom. The van der Waals surface area contributed by atoms with Crippen LogP contribution in [0.5, 0.6) is 0 Å². The van der Waals surface area contributed by atoms with Gasteiger partial charge in [0.15, 0.2) is 0 Å². The summed E-state index contributed by atoms with van der Waals surface area (Å²) in [7, 11) is 0. The highest BCUT2D eigenvalue weighted by Crippen LogP contribution is 2.27. The van der Waals surface area contributed by atoms with Gasteiger partial charge in [0.2, 0.25) is 0 Å². The molecule has 0 amide bonds. The highest BCUT2D eigenvalue weighted by atomic mass is 14.6. The Labute approximate surface area is 84.1 Å². The van der Waals surface area contributed by atoms with E-state index >= 15 is 0 Å². The van der Waals surface area contributed by atoms with Gasteiger partial charge >= 0.3 is 0 Å². The van der Waals surface area contributed by atoms with E-state index in [9.17, 15) is 0 Å². The summed E-state index contributed by atoms with van der Waals surface area (Å²) >= 11 is 0. The molecule has 1 aliphatic rings. The molecule has 72 valence electrons. The standard InChI is InChI=1S/C11H13N3/c1-2-8-3-4-11(14)10(7-13)5-9(8)6-12/h4-5,8-9H,2-3,14H2,1H3/t8?,9-/m0/s1. The highest BCUT2D eigenvalue weighted by molar-refractivity contribution is 5.42. The van der Waals surface area contributed by atoms with Gasteiger partial charge in [0.25, 0.3) is 0 Å². The number of nitrogens with two attached hydrogens (primary N) is 1. The largest absolute Gasteiger partial charge is 0.398 e. The molecular formula is C11H13N3. The molecule has 3 nitrogen and oxygen atoms in total. The van der Waals surface area contributed by atoms with Crippen molar-refractivity contribution in [3.63, 3.8) is 0 Å². The third-order valence-corrected chi connectivity index (χ3v) is 2.60. The van der Waals surface area contributed by atoms with Gasteiger partial charge in [-0.25, -0.2) is 0 Å². The van der Waals surface area contributed by atoms with Gasteiger partial charge < -0.3 is 5.73 Å². The molecule has 1 rings (SSSR count). The van der Waals surface area contributed by atoms with Crippen molar-refractivity contribution in [2.45, 2.75) is 19.8 Å². The molecule has 0 heterocycles. The van der Waals surface area contributed by atoms with Gasteiger partial charge in [-0.1, -0.05) is 19.4 Å². The third-order valence-electron chi connectivity index (χ3n) is 2.60. The van der Waals surface area contributed by atoms with Crippen LogP contribution in [-0.2, 0) is 0 Å². The van der Waals surface area contributed by atoms with Crippen LogP contribution in [-0.4, -0.2) is 0 Å². The van der Waals surface area contributed by atoms with Crippen LogP contribution in [0.25, 0.3) is 0 Å². The molecule has 0 saturated carbocycles. The Bertz CT molecular complexity index is 352. The summed E-state index contributed by atoms with van der Waals surface area (Å²) in [5.41, 5.74) is 6.63. The minimum atomic E-state index is -0.188. The minimum absolute atomic E-state index is 0.188. The van der Waals surface area contributed by atoms with Crippen molar-refractivity contribution in [3.8, 4) is 12.1 Å². The van der Waals surface area contributed by atoms with E-state index < -0.39 is 0 Å². The number of hydrogen-bond acceptors (Lipinski definition) is 3. The van der Waals surface area contributed by atoms with E-state index in [4.69, 9.17) is 16.3 Å². The quantitative estimate of drug-likeness (QED) is 0.680. The van der Waals surface area contributed by atoms with Crippen LogP contribution in [0, 0.1) is 34.5 Å². The second-order valence-corrected chi connectivity index (χ2v) is 3.41. The lowest BCUT2D eigenvalue weighted by Crippen LogP contribution is -2.08. The zero-order valence-corrected chi connectivity index (χ0v) is 8.20. The topological polar surface area (TPSA) is 73.6 Å². The number of nitriles is 2. The molecule has 14 heavy (non-hydrogen) atoms. The Hall–Kier alpha value is -1.74. The Morgan fingerprint density at radius 3 is 2.79 bits per heavy atom. The van der Waals surface area contributed by atoms with E-state index in [0.29, 0.717) is 11.3 Å². The maximum absolute atomic E-state index is 8.95. The molecule has 0 bridgehead atoms. The van der Waals surface area contributed by atoms with Crippen molar-refractivity contribution in [1.29, 1.82) is 10.5 Å². The van der Waals surface area contributed by atoms with Crippen LogP contribution >= 0.6 is 0 Å². The van der Waals surface area contributed by atoms with E-state index in [1.165, 1.54) is 0 Å². The van der Waals surface area contributed by atoms with Crippen LogP contribution in [0.2, 0.25) is 0 Å². The van der Waals surface area contributed by atoms with E-state index in [0.717, 1.165) is 12.8 Å². The van der Waals surface area contributed by atoms with Crippen molar-refractivity contribution in [3.05, 3.63) is 23.4 Å². The van der Waals surface area contributed by atoms with Crippen LogP contribution in [0.15, 0.2) is 23.4 Å². The minimum Gasteiger partial charge on any atom is -0.398 e. The van der Waals surface area contributed by atoms with Crippen molar-refractivity contribution < 1.29 is 0 Å². The second kappa shape index (κ2) is 4.48. The van der Waals surface area contributed by atoms with E-state index in [1.54, 1.807) is 6.08 Å². The summed E-state index contributed by atoms with van der Waals surface area (Å²) in [6, 6.07) is 4.23. The van der Waals surface area contributed by atoms with Crippen LogP contribution < -0.4 is 5.73 Å². The molecule has 1 unspecified atom stereocenters. The highest BCUT2D eigenvalue weighted by Gasteiger charge is 2.20. The monoisotopic (exact) mass is 187 g/mol. The zero-order chi connectivity index (χ0) is 10.6. The first-order valence-electron chi connectivity index (χ1n) is 4.70. The molecule has 0 aliphatic heterocycles. The van der Waals surface area contributed by atoms with Crippen molar-refractivity contribution in [2.24, 2.45) is 17.6 Å². The number of rotatable bonds is 1. The summed E-state index contributed by atoms with van der Waals surface area (Å²) in [6.07, 6.45) is 5.24. The van der Waals surface area contributed by atoms with Crippen molar-refractivity contribution >= 4 is 0 Å². The molecule has 2 N–H and O–H groups in total.